The molecule has 1 saturated heterocycles. The predicted octanol–water partition coefficient (Wildman–Crippen LogP) is 1.13. The molecule has 1 aliphatic rings. The molecule has 0 bridgehead atoms. The summed E-state index contributed by atoms with van der Waals surface area (Å²) in [5.41, 5.74) is -0.488. The maximum atomic E-state index is 12.8. The fourth-order valence-corrected chi connectivity index (χ4v) is 4.55. The first-order valence-electron chi connectivity index (χ1n) is 6.95. The Labute approximate surface area is 129 Å². The number of aromatic nitrogens is 1. The van der Waals surface area contributed by atoms with E-state index >= 15 is 0 Å². The molecule has 8 heteroatoms. The molecule has 0 aliphatic carbocycles. The Hall–Kier alpha value is -0.890. The van der Waals surface area contributed by atoms with Crippen molar-refractivity contribution in [3.8, 4) is 0 Å². The highest BCUT2D eigenvalue weighted by Crippen LogP contribution is 2.22. The highest BCUT2D eigenvalue weighted by molar-refractivity contribution is 7.89. The number of pyridine rings is 1. The van der Waals surface area contributed by atoms with Crippen molar-refractivity contribution in [3.63, 3.8) is 0 Å². The van der Waals surface area contributed by atoms with Crippen LogP contribution in [0.3, 0.4) is 0 Å². The Morgan fingerprint density at radius 1 is 1.43 bits per heavy atom. The number of likely N-dealkylation sites (N-methyl/N-ethyl adjacent to an activating group) is 1. The van der Waals surface area contributed by atoms with Crippen LogP contribution in [-0.4, -0.2) is 55.3 Å². The zero-order chi connectivity index (χ0) is 15.6. The van der Waals surface area contributed by atoms with Crippen molar-refractivity contribution >= 4 is 21.6 Å². The fourth-order valence-electron chi connectivity index (χ4n) is 2.59. The molecule has 1 aliphatic heterocycles. The second-order valence-corrected chi connectivity index (χ2v) is 7.60. The standard InChI is InChI=1S/C13H20ClN3O3S/c1-3-10-9-16(2)5-4-6-17(10)21(19,20)11-7-12(14)13(18)15-8-11/h7-8,10H,3-6,9H2,1-2H3,(H,15,18). The quantitative estimate of drug-likeness (QED) is 0.900. The highest BCUT2D eigenvalue weighted by Gasteiger charge is 2.33. The molecule has 0 radical (unpaired) electrons. The average molecular weight is 334 g/mol. The molecule has 0 aromatic carbocycles. The van der Waals surface area contributed by atoms with Gasteiger partial charge in [-0.05, 0) is 32.5 Å². The molecule has 1 N–H and O–H groups in total. The number of rotatable bonds is 3. The third-order valence-electron chi connectivity index (χ3n) is 3.76. The molecule has 0 amide bonds. The first kappa shape index (κ1) is 16.5. The van der Waals surface area contributed by atoms with Gasteiger partial charge in [0, 0.05) is 25.3 Å². The Bertz CT molecular complexity index is 659. The van der Waals surface area contributed by atoms with E-state index < -0.39 is 15.6 Å². The van der Waals surface area contributed by atoms with Gasteiger partial charge in [0.1, 0.15) is 5.02 Å². The lowest BCUT2D eigenvalue weighted by molar-refractivity contribution is 0.270. The summed E-state index contributed by atoms with van der Waals surface area (Å²) in [7, 11) is -1.66. The third kappa shape index (κ3) is 3.48. The number of halogens is 1. The van der Waals surface area contributed by atoms with Crippen LogP contribution in [-0.2, 0) is 10.0 Å². The Morgan fingerprint density at radius 2 is 2.14 bits per heavy atom. The zero-order valence-corrected chi connectivity index (χ0v) is 13.7. The van der Waals surface area contributed by atoms with E-state index in [9.17, 15) is 13.2 Å². The lowest BCUT2D eigenvalue weighted by Gasteiger charge is -2.29. The summed E-state index contributed by atoms with van der Waals surface area (Å²) in [6, 6.07) is 1.14. The summed E-state index contributed by atoms with van der Waals surface area (Å²) in [5, 5.41) is -0.115. The van der Waals surface area contributed by atoms with Crippen LogP contribution in [0.2, 0.25) is 5.02 Å². The monoisotopic (exact) mass is 333 g/mol. The minimum Gasteiger partial charge on any atom is -0.326 e. The van der Waals surface area contributed by atoms with Crippen LogP contribution >= 0.6 is 11.6 Å². The fraction of sp³-hybridized carbons (Fsp3) is 0.615. The lowest BCUT2D eigenvalue weighted by atomic mass is 10.2. The molecule has 1 aromatic heterocycles. The van der Waals surface area contributed by atoms with Gasteiger partial charge in [0.05, 0.1) is 4.90 Å². The number of H-pyrrole nitrogens is 1. The number of sulfonamides is 1. The van der Waals surface area contributed by atoms with E-state index in [1.807, 2.05) is 14.0 Å². The smallest absolute Gasteiger partial charge is 0.266 e. The van der Waals surface area contributed by atoms with Crippen LogP contribution in [0.25, 0.3) is 0 Å². The van der Waals surface area contributed by atoms with Crippen molar-refractivity contribution in [2.45, 2.75) is 30.7 Å². The second-order valence-electron chi connectivity index (χ2n) is 5.31. The maximum absolute atomic E-state index is 12.8. The molecule has 2 rings (SSSR count). The van der Waals surface area contributed by atoms with Crippen LogP contribution < -0.4 is 5.56 Å². The molecular formula is C13H20ClN3O3S. The summed E-state index contributed by atoms with van der Waals surface area (Å²) < 4.78 is 27.1. The van der Waals surface area contributed by atoms with Gasteiger partial charge in [-0.1, -0.05) is 18.5 Å². The van der Waals surface area contributed by atoms with E-state index in [4.69, 9.17) is 11.6 Å². The molecule has 1 atom stereocenters. The van der Waals surface area contributed by atoms with E-state index in [1.54, 1.807) is 0 Å². The van der Waals surface area contributed by atoms with Crippen LogP contribution in [0.4, 0.5) is 0 Å². The molecular weight excluding hydrogens is 314 g/mol. The molecule has 6 nitrogen and oxygen atoms in total. The van der Waals surface area contributed by atoms with Gasteiger partial charge in [-0.25, -0.2) is 8.42 Å². The molecule has 21 heavy (non-hydrogen) atoms. The van der Waals surface area contributed by atoms with Gasteiger partial charge in [-0.15, -0.1) is 0 Å². The zero-order valence-electron chi connectivity index (χ0n) is 12.2. The van der Waals surface area contributed by atoms with Crippen molar-refractivity contribution in [2.24, 2.45) is 0 Å². The highest BCUT2D eigenvalue weighted by atomic mass is 35.5. The van der Waals surface area contributed by atoms with Crippen LogP contribution in [0, 0.1) is 0 Å². The van der Waals surface area contributed by atoms with E-state index in [1.165, 1.54) is 16.6 Å². The Morgan fingerprint density at radius 3 is 2.76 bits per heavy atom. The first-order chi connectivity index (χ1) is 9.86. The molecule has 1 unspecified atom stereocenters. The van der Waals surface area contributed by atoms with E-state index in [0.29, 0.717) is 13.1 Å². The minimum atomic E-state index is -3.66. The van der Waals surface area contributed by atoms with Gasteiger partial charge < -0.3 is 9.88 Å². The van der Waals surface area contributed by atoms with Crippen LogP contribution in [0.5, 0.6) is 0 Å². The van der Waals surface area contributed by atoms with Crippen molar-refractivity contribution in [2.75, 3.05) is 26.7 Å². The number of nitrogens with one attached hydrogen (secondary N) is 1. The topological polar surface area (TPSA) is 73.5 Å². The normalized spacial score (nSPS) is 22.1. The van der Waals surface area contributed by atoms with Gasteiger partial charge >= 0.3 is 0 Å². The van der Waals surface area contributed by atoms with Gasteiger partial charge in [0.25, 0.3) is 5.56 Å². The van der Waals surface area contributed by atoms with Crippen molar-refractivity contribution in [3.05, 3.63) is 27.6 Å². The van der Waals surface area contributed by atoms with Crippen LogP contribution in [0.1, 0.15) is 19.8 Å². The maximum Gasteiger partial charge on any atom is 0.266 e. The molecule has 1 fully saturated rings. The summed E-state index contributed by atoms with van der Waals surface area (Å²) >= 11 is 5.75. The van der Waals surface area contributed by atoms with Gasteiger partial charge in [-0.2, -0.15) is 4.31 Å². The Kier molecular flexibility index (Phi) is 5.08. The number of hydrogen-bond donors (Lipinski definition) is 1. The summed E-state index contributed by atoms with van der Waals surface area (Å²) in [6.45, 7) is 4.02. The predicted molar refractivity (Wildman–Crippen MR) is 82.2 cm³/mol. The van der Waals surface area contributed by atoms with Crippen LogP contribution in [0.15, 0.2) is 22.0 Å². The number of aromatic amines is 1. The van der Waals surface area contributed by atoms with Gasteiger partial charge in [0.15, 0.2) is 0 Å². The minimum absolute atomic E-state index is 0.0371. The van der Waals surface area contributed by atoms with Gasteiger partial charge in [0.2, 0.25) is 10.0 Å². The largest absolute Gasteiger partial charge is 0.326 e. The molecule has 118 valence electrons. The lowest BCUT2D eigenvalue weighted by Crippen LogP contribution is -2.43. The van der Waals surface area contributed by atoms with E-state index in [0.717, 1.165) is 19.4 Å². The third-order valence-corrected chi connectivity index (χ3v) is 5.97. The van der Waals surface area contributed by atoms with E-state index in [2.05, 4.69) is 9.88 Å². The van der Waals surface area contributed by atoms with Crippen molar-refractivity contribution in [1.82, 2.24) is 14.2 Å². The molecule has 2 heterocycles. The molecule has 0 saturated carbocycles. The average Bonchev–Trinajstić information content (AvgIpc) is 2.63. The van der Waals surface area contributed by atoms with Crippen molar-refractivity contribution < 1.29 is 8.42 Å². The summed E-state index contributed by atoms with van der Waals surface area (Å²) in [6.07, 6.45) is 2.73. The first-order valence-corrected chi connectivity index (χ1v) is 8.76. The molecule has 0 spiro atoms. The number of nitrogens with zero attached hydrogens (tertiary/aromatic N) is 2. The van der Waals surface area contributed by atoms with Gasteiger partial charge in [-0.3, -0.25) is 4.79 Å². The molecule has 1 aromatic rings. The second kappa shape index (κ2) is 6.48. The number of hydrogen-bond acceptors (Lipinski definition) is 4. The Balaban J connectivity index is 2.40. The summed E-state index contributed by atoms with van der Waals surface area (Å²) in [4.78, 5) is 15.8. The van der Waals surface area contributed by atoms with Crippen molar-refractivity contribution in [1.29, 1.82) is 0 Å². The summed E-state index contributed by atoms with van der Waals surface area (Å²) in [5.74, 6) is 0. The van der Waals surface area contributed by atoms with E-state index in [-0.39, 0.29) is 16.0 Å². The SMILES string of the molecule is CCC1CN(C)CCCN1S(=O)(=O)c1c[nH]c(=O)c(Cl)c1.